The van der Waals surface area contributed by atoms with E-state index in [1.54, 1.807) is 16.7 Å². The zero-order valence-corrected chi connectivity index (χ0v) is 33.9. The smallest absolute Gasteiger partial charge is 1.00 e. The number of benzene rings is 2. The van der Waals surface area contributed by atoms with Gasteiger partial charge in [0.05, 0.1) is 0 Å². The predicted octanol–water partition coefficient (Wildman–Crippen LogP) is 6.99. The SMILES string of the molecule is CCCCCCP(CCCCCC)C1=Cc2ccccc2[CH]1[Zr+2][CH]1C(P(C(C)(C)C)C(C)(C)C)=Cc2ccccc21.[Cl-].[Cl-]. The van der Waals surface area contributed by atoms with Crippen LogP contribution in [-0.4, -0.2) is 22.6 Å². The van der Waals surface area contributed by atoms with E-state index in [2.05, 4.69) is 116 Å². The maximum absolute atomic E-state index is 2.72. The zero-order valence-electron chi connectivity index (χ0n) is 28.1. The normalized spacial score (nSPS) is 17.5. The first-order chi connectivity index (χ1) is 19.6. The van der Waals surface area contributed by atoms with E-state index in [0.29, 0.717) is 13.9 Å². The van der Waals surface area contributed by atoms with Gasteiger partial charge in [-0.3, -0.25) is 0 Å². The van der Waals surface area contributed by atoms with Gasteiger partial charge in [-0.1, -0.05) is 0 Å². The van der Waals surface area contributed by atoms with Crippen molar-refractivity contribution in [3.05, 3.63) is 81.4 Å². The van der Waals surface area contributed by atoms with E-state index in [0.717, 1.165) is 3.63 Å². The third kappa shape index (κ3) is 10.1. The van der Waals surface area contributed by atoms with Gasteiger partial charge in [-0.25, -0.2) is 0 Å². The van der Waals surface area contributed by atoms with Crippen molar-refractivity contribution >= 4 is 28.0 Å². The Morgan fingerprint density at radius 1 is 0.581 bits per heavy atom. The molecule has 0 N–H and O–H groups in total. The monoisotopic (exact) mass is 734 g/mol. The van der Waals surface area contributed by atoms with Crippen LogP contribution in [0.3, 0.4) is 0 Å². The topological polar surface area (TPSA) is 0 Å². The van der Waals surface area contributed by atoms with Crippen molar-refractivity contribution in [2.24, 2.45) is 0 Å². The second kappa shape index (κ2) is 18.0. The van der Waals surface area contributed by atoms with Gasteiger partial charge in [0.15, 0.2) is 0 Å². The molecule has 0 radical (unpaired) electrons. The molecule has 0 fully saturated rings. The van der Waals surface area contributed by atoms with Gasteiger partial charge in [0.2, 0.25) is 0 Å². The zero-order chi connectivity index (χ0) is 29.6. The van der Waals surface area contributed by atoms with Crippen molar-refractivity contribution < 1.29 is 48.0 Å². The molecule has 0 nitrogen and oxygen atoms in total. The average molecular weight is 737 g/mol. The Balaban J connectivity index is 0.00000323. The van der Waals surface area contributed by atoms with Gasteiger partial charge in [0.25, 0.3) is 0 Å². The molecule has 0 bridgehead atoms. The van der Waals surface area contributed by atoms with Gasteiger partial charge in [0, 0.05) is 0 Å². The van der Waals surface area contributed by atoms with E-state index >= 15 is 0 Å². The Hall–Kier alpha value is 0.243. The van der Waals surface area contributed by atoms with Gasteiger partial charge < -0.3 is 24.8 Å². The van der Waals surface area contributed by atoms with Crippen molar-refractivity contribution in [1.29, 1.82) is 0 Å². The second-order valence-electron chi connectivity index (χ2n) is 14.2. The van der Waals surface area contributed by atoms with Crippen molar-refractivity contribution in [1.82, 2.24) is 0 Å². The number of fused-ring (bicyclic) bond motifs is 2. The molecule has 0 aromatic heterocycles. The molecule has 0 spiro atoms. The molecule has 2 aliphatic carbocycles. The summed E-state index contributed by atoms with van der Waals surface area (Å²) >= 11 is -0.913. The molecule has 2 aromatic carbocycles. The summed E-state index contributed by atoms with van der Waals surface area (Å²) in [5, 5.41) is 4.33. The van der Waals surface area contributed by atoms with E-state index in [1.165, 1.54) is 69.3 Å². The molecular weight excluding hydrogens is 680 g/mol. The van der Waals surface area contributed by atoms with Crippen LogP contribution in [0.5, 0.6) is 0 Å². The molecule has 0 heterocycles. The predicted molar refractivity (Wildman–Crippen MR) is 186 cm³/mol. The van der Waals surface area contributed by atoms with Crippen molar-refractivity contribution in [3.8, 4) is 0 Å². The fourth-order valence-electron chi connectivity index (χ4n) is 7.21. The average Bonchev–Trinajstić information content (AvgIpc) is 3.45. The molecule has 5 heteroatoms. The molecule has 0 saturated heterocycles. The fourth-order valence-corrected chi connectivity index (χ4v) is 21.6. The van der Waals surface area contributed by atoms with Gasteiger partial charge in [-0.05, 0) is 0 Å². The summed E-state index contributed by atoms with van der Waals surface area (Å²) in [6.45, 7) is 19.8. The molecular formula is C38H56Cl2P2Zr. The van der Waals surface area contributed by atoms with Gasteiger partial charge >= 0.3 is 269 Å². The molecule has 2 aromatic rings. The number of hydrogen-bond acceptors (Lipinski definition) is 0. The number of hydrogen-bond donors (Lipinski definition) is 0. The summed E-state index contributed by atoms with van der Waals surface area (Å²) < 4.78 is 1.42. The van der Waals surface area contributed by atoms with Crippen molar-refractivity contribution in [2.45, 2.75) is 124 Å². The first-order valence-corrected chi connectivity index (χ1v) is 22.4. The Bertz CT molecular complexity index is 1180. The molecule has 2 aliphatic rings. The Morgan fingerprint density at radius 3 is 1.44 bits per heavy atom. The number of halogens is 2. The minimum Gasteiger partial charge on any atom is -1.00 e. The van der Waals surface area contributed by atoms with Crippen molar-refractivity contribution in [3.63, 3.8) is 0 Å². The standard InChI is InChI=1S/C21H32P.C17H24P.2ClH.Zr/c1-3-5-7-11-15-22(16-12-8-6-4-2)21-17-19-13-9-10-14-20(19)18-21;1-16(2,3)18(17(4,5)6)15-11-13-9-7-8-10-14(13)12-15;;;/h9-10,13-14,17-18H,3-8,11-12,15-16H2,1-2H3;7-12H,1-6H3;2*1H;/q;;;;+2/p-2. The molecule has 0 aliphatic heterocycles. The van der Waals surface area contributed by atoms with E-state index in [9.17, 15) is 0 Å². The summed E-state index contributed by atoms with van der Waals surface area (Å²) in [5.41, 5.74) is 6.42. The van der Waals surface area contributed by atoms with E-state index < -0.39 is 23.2 Å². The summed E-state index contributed by atoms with van der Waals surface area (Å²) in [7, 11) is -0.338. The molecule has 4 rings (SSSR count). The third-order valence-electron chi connectivity index (χ3n) is 8.67. The van der Waals surface area contributed by atoms with Crippen LogP contribution in [0.4, 0.5) is 0 Å². The van der Waals surface area contributed by atoms with Crippen LogP contribution >= 0.6 is 15.8 Å². The van der Waals surface area contributed by atoms with Crippen LogP contribution in [0, 0.1) is 0 Å². The summed E-state index contributed by atoms with van der Waals surface area (Å²) in [4.78, 5) is 0. The first-order valence-electron chi connectivity index (χ1n) is 16.5. The quantitative estimate of drug-likeness (QED) is 0.145. The molecule has 43 heavy (non-hydrogen) atoms. The van der Waals surface area contributed by atoms with Crippen LogP contribution in [0.1, 0.15) is 136 Å². The van der Waals surface area contributed by atoms with Crippen molar-refractivity contribution in [2.75, 3.05) is 12.3 Å². The summed E-state index contributed by atoms with van der Waals surface area (Å²) in [5.74, 6) is 0. The Morgan fingerprint density at radius 2 is 1.00 bits per heavy atom. The van der Waals surface area contributed by atoms with E-state index in [-0.39, 0.29) is 40.7 Å². The summed E-state index contributed by atoms with van der Waals surface area (Å²) in [6, 6.07) is 19.0. The van der Waals surface area contributed by atoms with Gasteiger partial charge in [-0.15, -0.1) is 0 Å². The molecule has 2 unspecified atom stereocenters. The third-order valence-corrected chi connectivity index (χ3v) is 21.0. The summed E-state index contributed by atoms with van der Waals surface area (Å²) in [6.07, 6.45) is 19.4. The van der Waals surface area contributed by atoms with E-state index in [1.807, 2.05) is 10.6 Å². The second-order valence-corrected chi connectivity index (χ2v) is 24.2. The number of allylic oxidation sites excluding steroid dienone is 2. The van der Waals surface area contributed by atoms with E-state index in [4.69, 9.17) is 0 Å². The first kappa shape index (κ1) is 39.4. The van der Waals surface area contributed by atoms with Crippen LogP contribution in [0.15, 0.2) is 59.2 Å². The minimum absolute atomic E-state index is 0. The van der Waals surface area contributed by atoms with Crippen LogP contribution in [0.25, 0.3) is 12.2 Å². The Kier molecular flexibility index (Phi) is 16.5. The van der Waals surface area contributed by atoms with Crippen LogP contribution in [0.2, 0.25) is 0 Å². The van der Waals surface area contributed by atoms with Gasteiger partial charge in [-0.2, -0.15) is 0 Å². The molecule has 0 saturated carbocycles. The van der Waals surface area contributed by atoms with Gasteiger partial charge in [0.1, 0.15) is 0 Å². The maximum atomic E-state index is 2.72. The Labute approximate surface area is 292 Å². The van der Waals surface area contributed by atoms with Crippen LogP contribution < -0.4 is 24.8 Å². The fraction of sp³-hybridized carbons (Fsp3) is 0.579. The molecule has 0 amide bonds. The number of unbranched alkanes of at least 4 members (excludes halogenated alkanes) is 6. The molecule has 2 atom stereocenters. The molecule has 236 valence electrons. The largest absolute Gasteiger partial charge is 1.00 e. The minimum atomic E-state index is -0.913. The maximum Gasteiger partial charge on any atom is -1.00 e. The number of rotatable bonds is 14. The van der Waals surface area contributed by atoms with Crippen LogP contribution in [-0.2, 0) is 23.2 Å².